The summed E-state index contributed by atoms with van der Waals surface area (Å²) < 4.78 is 0. The van der Waals surface area contributed by atoms with Crippen LogP contribution in [0, 0.1) is 6.92 Å². The maximum atomic E-state index is 12.8. The van der Waals surface area contributed by atoms with Crippen LogP contribution in [0.5, 0.6) is 0 Å². The molecule has 2 N–H and O–H groups in total. The van der Waals surface area contributed by atoms with Crippen molar-refractivity contribution in [3.05, 3.63) is 77.4 Å². The number of nitrogens with one attached hydrogen (secondary N) is 2. The van der Waals surface area contributed by atoms with Crippen LogP contribution in [0.4, 0.5) is 0 Å². The predicted octanol–water partition coefficient (Wildman–Crippen LogP) is 3.35. The summed E-state index contributed by atoms with van der Waals surface area (Å²) in [6.45, 7) is 1.84. The van der Waals surface area contributed by atoms with Crippen LogP contribution in [0.3, 0.4) is 0 Å². The van der Waals surface area contributed by atoms with Gasteiger partial charge in [-0.1, -0.05) is 42.5 Å². The third-order valence-electron chi connectivity index (χ3n) is 3.63. The lowest BCUT2D eigenvalue weighted by Crippen LogP contribution is -2.30. The van der Waals surface area contributed by atoms with Gasteiger partial charge >= 0.3 is 0 Å². The molecule has 0 fully saturated rings. The first-order valence-electron chi connectivity index (χ1n) is 7.56. The summed E-state index contributed by atoms with van der Waals surface area (Å²) in [5.74, 6) is 1.12. The van der Waals surface area contributed by atoms with E-state index in [-0.39, 0.29) is 5.91 Å². The minimum atomic E-state index is -0.404. The number of rotatable bonds is 5. The fourth-order valence-corrected chi connectivity index (χ4v) is 3.07. The van der Waals surface area contributed by atoms with Gasteiger partial charge in [0.15, 0.2) is 5.82 Å². The van der Waals surface area contributed by atoms with Gasteiger partial charge in [-0.3, -0.25) is 9.89 Å². The van der Waals surface area contributed by atoms with Gasteiger partial charge in [-0.05, 0) is 30.9 Å². The Balaban J connectivity index is 1.94. The van der Waals surface area contributed by atoms with Gasteiger partial charge in [0.2, 0.25) is 0 Å². The molecule has 0 radical (unpaired) electrons. The first-order valence-corrected chi connectivity index (χ1v) is 8.79. The summed E-state index contributed by atoms with van der Waals surface area (Å²) in [5, 5.41) is 10.1. The zero-order valence-corrected chi connectivity index (χ0v) is 14.3. The number of carbonyl (C=O) groups is 1. The number of thioether (sulfide) groups is 1. The second kappa shape index (κ2) is 7.31. The lowest BCUT2D eigenvalue weighted by Gasteiger charge is -2.17. The van der Waals surface area contributed by atoms with Gasteiger partial charge in [-0.2, -0.15) is 5.10 Å². The van der Waals surface area contributed by atoms with E-state index in [9.17, 15) is 4.79 Å². The number of hydrogen-bond acceptors (Lipinski definition) is 4. The van der Waals surface area contributed by atoms with Gasteiger partial charge in [0, 0.05) is 4.90 Å². The summed E-state index contributed by atoms with van der Waals surface area (Å²) >= 11 is 1.55. The molecule has 1 unspecified atom stereocenters. The highest BCUT2D eigenvalue weighted by Gasteiger charge is 2.22. The van der Waals surface area contributed by atoms with Crippen molar-refractivity contribution in [1.82, 2.24) is 20.5 Å². The van der Waals surface area contributed by atoms with E-state index in [0.29, 0.717) is 17.2 Å². The van der Waals surface area contributed by atoms with Crippen LogP contribution >= 0.6 is 11.8 Å². The van der Waals surface area contributed by atoms with Crippen LogP contribution in [0.15, 0.2) is 59.5 Å². The Hall–Kier alpha value is -2.60. The third-order valence-corrected chi connectivity index (χ3v) is 4.43. The Morgan fingerprint density at radius 3 is 2.50 bits per heavy atom. The molecule has 6 heteroatoms. The molecular weight excluding hydrogens is 320 g/mol. The molecule has 0 saturated carbocycles. The highest BCUT2D eigenvalue weighted by molar-refractivity contribution is 7.98. The quantitative estimate of drug-likeness (QED) is 0.700. The predicted molar refractivity (Wildman–Crippen MR) is 95.1 cm³/mol. The van der Waals surface area contributed by atoms with E-state index >= 15 is 0 Å². The number of hydrogen-bond donors (Lipinski definition) is 2. The highest BCUT2D eigenvalue weighted by Crippen LogP contribution is 2.23. The molecule has 3 rings (SSSR count). The molecule has 24 heavy (non-hydrogen) atoms. The minimum absolute atomic E-state index is 0.142. The molecule has 122 valence electrons. The molecule has 0 aliphatic rings. The Morgan fingerprint density at radius 2 is 1.83 bits per heavy atom. The van der Waals surface area contributed by atoms with Crippen molar-refractivity contribution in [2.24, 2.45) is 0 Å². The molecule has 0 aliphatic carbocycles. The number of nitrogens with zero attached hydrogens (tertiary/aromatic N) is 2. The zero-order valence-electron chi connectivity index (χ0n) is 13.5. The van der Waals surface area contributed by atoms with E-state index in [0.717, 1.165) is 10.5 Å². The molecule has 0 spiro atoms. The van der Waals surface area contributed by atoms with Crippen molar-refractivity contribution in [3.8, 4) is 0 Å². The molecule has 3 aromatic rings. The number of amides is 1. The SMILES string of the molecule is CSc1ccccc1C(=O)NC(c1ccccc1)c1n[nH]c(C)n1. The van der Waals surface area contributed by atoms with E-state index < -0.39 is 6.04 Å². The van der Waals surface area contributed by atoms with Gasteiger partial charge in [0.05, 0.1) is 5.56 Å². The maximum absolute atomic E-state index is 12.8. The van der Waals surface area contributed by atoms with Gasteiger partial charge in [0.1, 0.15) is 11.9 Å². The first-order chi connectivity index (χ1) is 11.7. The lowest BCUT2D eigenvalue weighted by atomic mass is 10.1. The molecule has 2 aromatic carbocycles. The van der Waals surface area contributed by atoms with Crippen LogP contribution in [0.1, 0.15) is 33.6 Å². The molecule has 0 bridgehead atoms. The molecule has 1 heterocycles. The van der Waals surface area contributed by atoms with E-state index in [1.54, 1.807) is 11.8 Å². The normalized spacial score (nSPS) is 11.9. The van der Waals surface area contributed by atoms with Crippen LogP contribution < -0.4 is 5.32 Å². The monoisotopic (exact) mass is 338 g/mol. The van der Waals surface area contributed by atoms with Crippen LogP contribution in [-0.4, -0.2) is 27.3 Å². The van der Waals surface area contributed by atoms with E-state index in [1.165, 1.54) is 0 Å². The van der Waals surface area contributed by atoms with E-state index in [4.69, 9.17) is 0 Å². The molecule has 5 nitrogen and oxygen atoms in total. The Labute approximate surface area is 144 Å². The van der Waals surface area contributed by atoms with E-state index in [2.05, 4.69) is 20.5 Å². The van der Waals surface area contributed by atoms with Crippen molar-refractivity contribution in [3.63, 3.8) is 0 Å². The number of aryl methyl sites for hydroxylation is 1. The maximum Gasteiger partial charge on any atom is 0.253 e. The standard InChI is InChI=1S/C18H18N4OS/c1-12-19-17(22-21-12)16(13-8-4-3-5-9-13)20-18(23)14-10-6-7-11-15(14)24-2/h3-11,16H,1-2H3,(H,20,23)(H,19,21,22). The third kappa shape index (κ3) is 3.49. The number of aromatic nitrogens is 3. The Bertz CT molecular complexity index is 832. The molecule has 1 aromatic heterocycles. The summed E-state index contributed by atoms with van der Waals surface area (Å²) in [6.07, 6.45) is 1.96. The lowest BCUT2D eigenvalue weighted by molar-refractivity contribution is 0.0938. The number of benzene rings is 2. The summed E-state index contributed by atoms with van der Waals surface area (Å²) in [6, 6.07) is 16.9. The van der Waals surface area contributed by atoms with Crippen molar-refractivity contribution in [1.29, 1.82) is 0 Å². The second-order valence-corrected chi connectivity index (χ2v) is 6.14. The smallest absolute Gasteiger partial charge is 0.253 e. The summed E-state index contributed by atoms with van der Waals surface area (Å²) in [5.41, 5.74) is 1.59. The molecule has 1 amide bonds. The van der Waals surface area contributed by atoms with Gasteiger partial charge in [-0.25, -0.2) is 4.98 Å². The average molecular weight is 338 g/mol. The van der Waals surface area contributed by atoms with Gasteiger partial charge in [0.25, 0.3) is 5.91 Å². The van der Waals surface area contributed by atoms with Crippen LogP contribution in [-0.2, 0) is 0 Å². The van der Waals surface area contributed by atoms with Crippen molar-refractivity contribution in [2.75, 3.05) is 6.26 Å². The van der Waals surface area contributed by atoms with Crippen LogP contribution in [0.2, 0.25) is 0 Å². The van der Waals surface area contributed by atoms with Crippen molar-refractivity contribution < 1.29 is 4.79 Å². The second-order valence-electron chi connectivity index (χ2n) is 5.30. The fourth-order valence-electron chi connectivity index (χ4n) is 2.47. The first kappa shape index (κ1) is 16.3. The number of carbonyl (C=O) groups excluding carboxylic acids is 1. The molecule has 0 aliphatic heterocycles. The largest absolute Gasteiger partial charge is 0.338 e. The number of aromatic amines is 1. The topological polar surface area (TPSA) is 70.7 Å². The van der Waals surface area contributed by atoms with Crippen LogP contribution in [0.25, 0.3) is 0 Å². The summed E-state index contributed by atoms with van der Waals surface area (Å²) in [7, 11) is 0. The Morgan fingerprint density at radius 1 is 1.12 bits per heavy atom. The van der Waals surface area contributed by atoms with Crippen molar-refractivity contribution in [2.45, 2.75) is 17.9 Å². The van der Waals surface area contributed by atoms with Gasteiger partial charge in [-0.15, -0.1) is 11.8 Å². The number of H-pyrrole nitrogens is 1. The fraction of sp³-hybridized carbons (Fsp3) is 0.167. The minimum Gasteiger partial charge on any atom is -0.338 e. The zero-order chi connectivity index (χ0) is 16.9. The van der Waals surface area contributed by atoms with Crippen molar-refractivity contribution >= 4 is 17.7 Å². The summed E-state index contributed by atoms with van der Waals surface area (Å²) in [4.78, 5) is 18.1. The Kier molecular flexibility index (Phi) is 4.96. The average Bonchev–Trinajstić information content (AvgIpc) is 3.06. The van der Waals surface area contributed by atoms with Gasteiger partial charge < -0.3 is 5.32 Å². The molecule has 1 atom stereocenters. The highest BCUT2D eigenvalue weighted by atomic mass is 32.2. The molecular formula is C18H18N4OS. The van der Waals surface area contributed by atoms with E-state index in [1.807, 2.05) is 67.8 Å². The molecule has 0 saturated heterocycles.